The Bertz CT molecular complexity index is 528. The molecule has 3 heteroatoms. The lowest BCUT2D eigenvalue weighted by Crippen LogP contribution is -2.21. The maximum atomic E-state index is 6.04. The highest BCUT2D eigenvalue weighted by molar-refractivity contribution is 9.10. The van der Waals surface area contributed by atoms with Gasteiger partial charge >= 0.3 is 0 Å². The summed E-state index contributed by atoms with van der Waals surface area (Å²) in [5.41, 5.74) is 7.18. The van der Waals surface area contributed by atoms with Gasteiger partial charge in [-0.25, -0.2) is 0 Å². The molecule has 0 fully saturated rings. The molecule has 0 bridgehead atoms. The van der Waals surface area contributed by atoms with E-state index in [1.165, 1.54) is 0 Å². The molecule has 0 aliphatic carbocycles. The highest BCUT2D eigenvalue weighted by Crippen LogP contribution is 2.29. The number of rotatable bonds is 5. The van der Waals surface area contributed by atoms with Gasteiger partial charge in [-0.05, 0) is 42.7 Å². The fraction of sp³-hybridized carbons (Fsp3) is 0.250. The van der Waals surface area contributed by atoms with Crippen LogP contribution in [0.25, 0.3) is 0 Å². The van der Waals surface area contributed by atoms with E-state index in [9.17, 15) is 0 Å². The van der Waals surface area contributed by atoms with E-state index in [0.717, 1.165) is 34.4 Å². The lowest BCUT2D eigenvalue weighted by molar-refractivity contribution is 0.471. The van der Waals surface area contributed by atoms with E-state index in [-0.39, 0.29) is 6.04 Å². The summed E-state index contributed by atoms with van der Waals surface area (Å²) < 4.78 is 6.96. The van der Waals surface area contributed by atoms with Gasteiger partial charge in [0, 0.05) is 10.5 Å². The SMILES string of the molecule is CCC(N)Cc1ccc(Br)cc1Oc1ccccc1. The molecule has 0 radical (unpaired) electrons. The molecule has 1 unspecified atom stereocenters. The van der Waals surface area contributed by atoms with Crippen molar-refractivity contribution in [3.05, 3.63) is 58.6 Å². The fourth-order valence-corrected chi connectivity index (χ4v) is 2.17. The molecule has 2 aromatic rings. The zero-order valence-corrected chi connectivity index (χ0v) is 12.6. The second kappa shape index (κ2) is 6.73. The maximum Gasteiger partial charge on any atom is 0.131 e. The zero-order chi connectivity index (χ0) is 13.7. The van der Waals surface area contributed by atoms with Gasteiger partial charge in [0.2, 0.25) is 0 Å². The van der Waals surface area contributed by atoms with Gasteiger partial charge in [-0.2, -0.15) is 0 Å². The summed E-state index contributed by atoms with van der Waals surface area (Å²) in [6.07, 6.45) is 1.78. The standard InChI is InChI=1S/C16H18BrNO/c1-2-14(18)10-12-8-9-13(17)11-16(12)19-15-6-4-3-5-7-15/h3-9,11,14H,2,10,18H2,1H3. The van der Waals surface area contributed by atoms with Crippen LogP contribution in [0.5, 0.6) is 11.5 Å². The van der Waals surface area contributed by atoms with Crippen molar-refractivity contribution in [2.24, 2.45) is 5.73 Å². The quantitative estimate of drug-likeness (QED) is 0.879. The molecule has 0 saturated heterocycles. The Morgan fingerprint density at radius 3 is 2.58 bits per heavy atom. The largest absolute Gasteiger partial charge is 0.457 e. The van der Waals surface area contributed by atoms with Crippen molar-refractivity contribution in [2.75, 3.05) is 0 Å². The molecule has 0 aliphatic heterocycles. The Morgan fingerprint density at radius 1 is 1.16 bits per heavy atom. The molecule has 2 nitrogen and oxygen atoms in total. The predicted octanol–water partition coefficient (Wildman–Crippen LogP) is 4.52. The Kier molecular flexibility index (Phi) is 5.00. The van der Waals surface area contributed by atoms with E-state index in [1.54, 1.807) is 0 Å². The summed E-state index contributed by atoms with van der Waals surface area (Å²) in [4.78, 5) is 0. The normalized spacial score (nSPS) is 12.2. The number of hydrogen-bond donors (Lipinski definition) is 1. The second-order valence-corrected chi connectivity index (χ2v) is 5.46. The molecule has 0 saturated carbocycles. The third-order valence-electron chi connectivity index (χ3n) is 3.01. The summed E-state index contributed by atoms with van der Waals surface area (Å²) in [7, 11) is 0. The Balaban J connectivity index is 2.24. The zero-order valence-electron chi connectivity index (χ0n) is 11.0. The molecule has 2 aromatic carbocycles. The molecule has 2 rings (SSSR count). The van der Waals surface area contributed by atoms with Gasteiger partial charge in [-0.3, -0.25) is 0 Å². The van der Waals surface area contributed by atoms with Crippen LogP contribution in [0.4, 0.5) is 0 Å². The van der Waals surface area contributed by atoms with Gasteiger partial charge in [0.05, 0.1) is 0 Å². The van der Waals surface area contributed by atoms with Crippen molar-refractivity contribution in [2.45, 2.75) is 25.8 Å². The van der Waals surface area contributed by atoms with Crippen LogP contribution < -0.4 is 10.5 Å². The average molecular weight is 320 g/mol. The first-order chi connectivity index (χ1) is 9.19. The number of nitrogens with two attached hydrogens (primary N) is 1. The van der Waals surface area contributed by atoms with Crippen LogP contribution in [0, 0.1) is 0 Å². The summed E-state index contributed by atoms with van der Waals surface area (Å²) >= 11 is 3.48. The van der Waals surface area contributed by atoms with Crippen molar-refractivity contribution in [1.29, 1.82) is 0 Å². The predicted molar refractivity (Wildman–Crippen MR) is 82.6 cm³/mol. The van der Waals surface area contributed by atoms with Crippen molar-refractivity contribution in [3.63, 3.8) is 0 Å². The highest BCUT2D eigenvalue weighted by Gasteiger charge is 2.09. The van der Waals surface area contributed by atoms with Crippen LogP contribution in [0.3, 0.4) is 0 Å². The van der Waals surface area contributed by atoms with Crippen molar-refractivity contribution < 1.29 is 4.74 Å². The Labute approximate surface area is 122 Å². The lowest BCUT2D eigenvalue weighted by atomic mass is 10.0. The molecular formula is C16H18BrNO. The van der Waals surface area contributed by atoms with Gasteiger partial charge in [0.25, 0.3) is 0 Å². The molecule has 19 heavy (non-hydrogen) atoms. The summed E-state index contributed by atoms with van der Waals surface area (Å²) in [5.74, 6) is 1.70. The Hall–Kier alpha value is -1.32. The highest BCUT2D eigenvalue weighted by atomic mass is 79.9. The van der Waals surface area contributed by atoms with Gasteiger partial charge in [-0.1, -0.05) is 47.1 Å². The third kappa shape index (κ3) is 4.08. The lowest BCUT2D eigenvalue weighted by Gasteiger charge is -2.14. The van der Waals surface area contributed by atoms with E-state index in [0.29, 0.717) is 0 Å². The van der Waals surface area contributed by atoms with E-state index in [1.807, 2.05) is 42.5 Å². The van der Waals surface area contributed by atoms with Gasteiger partial charge < -0.3 is 10.5 Å². The first-order valence-corrected chi connectivity index (χ1v) is 7.25. The summed E-state index contributed by atoms with van der Waals surface area (Å²) in [6.45, 7) is 2.10. The molecule has 0 spiro atoms. The van der Waals surface area contributed by atoms with E-state index < -0.39 is 0 Å². The molecule has 0 aliphatic rings. The number of halogens is 1. The van der Waals surface area contributed by atoms with Crippen LogP contribution in [0.2, 0.25) is 0 Å². The molecule has 1 atom stereocenters. The fourth-order valence-electron chi connectivity index (χ4n) is 1.83. The molecule has 0 heterocycles. The van der Waals surface area contributed by atoms with Crippen LogP contribution in [0.15, 0.2) is 53.0 Å². The third-order valence-corrected chi connectivity index (χ3v) is 3.50. The van der Waals surface area contributed by atoms with E-state index in [4.69, 9.17) is 10.5 Å². The minimum Gasteiger partial charge on any atom is -0.457 e. The van der Waals surface area contributed by atoms with E-state index in [2.05, 4.69) is 28.9 Å². The minimum atomic E-state index is 0.166. The number of para-hydroxylation sites is 1. The minimum absolute atomic E-state index is 0.166. The van der Waals surface area contributed by atoms with Crippen LogP contribution in [-0.4, -0.2) is 6.04 Å². The molecule has 2 N–H and O–H groups in total. The van der Waals surface area contributed by atoms with Gasteiger partial charge in [0.1, 0.15) is 11.5 Å². The van der Waals surface area contributed by atoms with Crippen molar-refractivity contribution in [1.82, 2.24) is 0 Å². The van der Waals surface area contributed by atoms with Crippen molar-refractivity contribution in [3.8, 4) is 11.5 Å². The average Bonchev–Trinajstić information content (AvgIpc) is 2.43. The number of benzene rings is 2. The molecular weight excluding hydrogens is 302 g/mol. The topological polar surface area (TPSA) is 35.2 Å². The first-order valence-electron chi connectivity index (χ1n) is 6.46. The number of hydrogen-bond acceptors (Lipinski definition) is 2. The number of ether oxygens (including phenoxy) is 1. The van der Waals surface area contributed by atoms with Gasteiger partial charge in [0.15, 0.2) is 0 Å². The summed E-state index contributed by atoms with van der Waals surface area (Å²) in [6, 6.07) is 16.0. The first kappa shape index (κ1) is 14.1. The maximum absolute atomic E-state index is 6.04. The smallest absolute Gasteiger partial charge is 0.131 e. The van der Waals surface area contributed by atoms with Gasteiger partial charge in [-0.15, -0.1) is 0 Å². The van der Waals surface area contributed by atoms with E-state index >= 15 is 0 Å². The van der Waals surface area contributed by atoms with Crippen LogP contribution in [-0.2, 0) is 6.42 Å². The molecule has 0 aromatic heterocycles. The van der Waals surface area contributed by atoms with Crippen LogP contribution >= 0.6 is 15.9 Å². The van der Waals surface area contributed by atoms with Crippen LogP contribution in [0.1, 0.15) is 18.9 Å². The summed E-state index contributed by atoms with van der Waals surface area (Å²) in [5, 5.41) is 0. The second-order valence-electron chi connectivity index (χ2n) is 4.54. The Morgan fingerprint density at radius 2 is 1.89 bits per heavy atom. The molecule has 0 amide bonds. The molecule has 100 valence electrons. The monoisotopic (exact) mass is 319 g/mol. The van der Waals surface area contributed by atoms with Crippen molar-refractivity contribution >= 4 is 15.9 Å².